The summed E-state index contributed by atoms with van der Waals surface area (Å²) in [5.41, 5.74) is 3.76. The van der Waals surface area contributed by atoms with Gasteiger partial charge in [-0.25, -0.2) is 4.79 Å². The summed E-state index contributed by atoms with van der Waals surface area (Å²) < 4.78 is 10.7. The number of carbonyl (C=O) groups is 1. The molecule has 0 spiro atoms. The van der Waals surface area contributed by atoms with Crippen LogP contribution >= 0.6 is 0 Å². The summed E-state index contributed by atoms with van der Waals surface area (Å²) in [5, 5.41) is 0. The molecule has 1 aromatic heterocycles. The predicted octanol–water partition coefficient (Wildman–Crippen LogP) is 4.60. The molecule has 0 aliphatic carbocycles. The van der Waals surface area contributed by atoms with Crippen molar-refractivity contribution < 1.29 is 14.3 Å². The number of esters is 1. The summed E-state index contributed by atoms with van der Waals surface area (Å²) in [4.78, 5) is 16.8. The number of carbonyl (C=O) groups excluding carboxylic acids is 1. The highest BCUT2D eigenvalue weighted by Gasteiger charge is 2.18. The number of benzene rings is 2. The Morgan fingerprint density at radius 3 is 2.44 bits per heavy atom. The lowest BCUT2D eigenvalue weighted by Crippen LogP contribution is -2.08. The molecule has 25 heavy (non-hydrogen) atoms. The zero-order valence-electron chi connectivity index (χ0n) is 14.2. The molecule has 0 fully saturated rings. The van der Waals surface area contributed by atoms with Gasteiger partial charge in [0, 0.05) is 22.9 Å². The van der Waals surface area contributed by atoms with Gasteiger partial charge in [0.2, 0.25) is 0 Å². The second-order valence-corrected chi connectivity index (χ2v) is 5.40. The average Bonchev–Trinajstić information content (AvgIpc) is 2.68. The van der Waals surface area contributed by atoms with Gasteiger partial charge >= 0.3 is 5.97 Å². The zero-order chi connectivity index (χ0) is 17.6. The van der Waals surface area contributed by atoms with Crippen molar-refractivity contribution in [1.29, 1.82) is 0 Å². The molecule has 2 aromatic carbocycles. The van der Waals surface area contributed by atoms with Crippen molar-refractivity contribution in [3.63, 3.8) is 0 Å². The summed E-state index contributed by atoms with van der Waals surface area (Å²) >= 11 is 0. The van der Waals surface area contributed by atoms with Gasteiger partial charge in [-0.05, 0) is 19.1 Å². The van der Waals surface area contributed by atoms with Gasteiger partial charge < -0.3 is 9.47 Å². The van der Waals surface area contributed by atoms with Crippen LogP contribution in [-0.4, -0.2) is 24.7 Å². The second-order valence-electron chi connectivity index (χ2n) is 5.40. The highest BCUT2D eigenvalue weighted by Crippen LogP contribution is 2.34. The maximum Gasteiger partial charge on any atom is 0.340 e. The summed E-state index contributed by atoms with van der Waals surface area (Å²) in [6.45, 7) is 2.09. The average molecular weight is 333 g/mol. The molecule has 0 atom stereocenters. The lowest BCUT2D eigenvalue weighted by Gasteiger charge is -2.13. The Morgan fingerprint density at radius 1 is 1.00 bits per heavy atom. The molecule has 0 aliphatic rings. The molecule has 0 N–H and O–H groups in total. The van der Waals surface area contributed by atoms with Crippen molar-refractivity contribution in [2.75, 3.05) is 13.7 Å². The third-order valence-corrected chi connectivity index (χ3v) is 3.87. The van der Waals surface area contributed by atoms with E-state index in [1.165, 1.54) is 0 Å². The molecular formula is C21H19NO3. The predicted molar refractivity (Wildman–Crippen MR) is 97.6 cm³/mol. The molecular weight excluding hydrogens is 314 g/mol. The van der Waals surface area contributed by atoms with Crippen molar-refractivity contribution in [3.05, 3.63) is 72.4 Å². The van der Waals surface area contributed by atoms with Gasteiger partial charge in [-0.3, -0.25) is 4.98 Å². The monoisotopic (exact) mass is 333 g/mol. The molecule has 0 unspecified atom stereocenters. The molecule has 4 nitrogen and oxygen atoms in total. The van der Waals surface area contributed by atoms with Gasteiger partial charge in [0.25, 0.3) is 0 Å². The molecule has 126 valence electrons. The van der Waals surface area contributed by atoms with Crippen LogP contribution in [-0.2, 0) is 4.74 Å². The van der Waals surface area contributed by atoms with Crippen LogP contribution in [0.2, 0.25) is 0 Å². The molecule has 3 aromatic rings. The van der Waals surface area contributed by atoms with E-state index in [1.54, 1.807) is 20.2 Å². The number of nitrogens with zero attached hydrogens (tertiary/aromatic N) is 1. The van der Waals surface area contributed by atoms with Crippen molar-refractivity contribution in [2.24, 2.45) is 0 Å². The highest BCUT2D eigenvalue weighted by molar-refractivity contribution is 5.98. The standard InChI is InChI=1S/C21H19NO3/c1-3-25-21(23)18-14-22-19(15-9-5-4-6-10-15)13-17(18)16-11-7-8-12-20(16)24-2/h4-14H,3H2,1-2H3. The maximum atomic E-state index is 12.4. The quantitative estimate of drug-likeness (QED) is 0.640. The summed E-state index contributed by atoms with van der Waals surface area (Å²) in [6, 6.07) is 19.3. The smallest absolute Gasteiger partial charge is 0.340 e. The number of aromatic nitrogens is 1. The Hall–Kier alpha value is -3.14. The normalized spacial score (nSPS) is 10.3. The maximum absolute atomic E-state index is 12.4. The van der Waals surface area contributed by atoms with Gasteiger partial charge in [-0.2, -0.15) is 0 Å². The third-order valence-electron chi connectivity index (χ3n) is 3.87. The Bertz CT molecular complexity index is 875. The van der Waals surface area contributed by atoms with Crippen molar-refractivity contribution in [1.82, 2.24) is 4.98 Å². The van der Waals surface area contributed by atoms with Crippen LogP contribution in [0, 0.1) is 0 Å². The van der Waals surface area contributed by atoms with Crippen molar-refractivity contribution >= 4 is 5.97 Å². The van der Waals surface area contributed by atoms with E-state index in [0.29, 0.717) is 17.9 Å². The second kappa shape index (κ2) is 7.62. The van der Waals surface area contributed by atoms with Crippen LogP contribution in [0.4, 0.5) is 0 Å². The Labute approximate surface area is 147 Å². The first-order valence-corrected chi connectivity index (χ1v) is 8.10. The van der Waals surface area contributed by atoms with Crippen LogP contribution in [0.1, 0.15) is 17.3 Å². The van der Waals surface area contributed by atoms with E-state index < -0.39 is 5.97 Å². The fourth-order valence-corrected chi connectivity index (χ4v) is 2.68. The van der Waals surface area contributed by atoms with Crippen LogP contribution in [0.15, 0.2) is 66.9 Å². The molecule has 0 aliphatic heterocycles. The Kier molecular flexibility index (Phi) is 5.09. The first-order chi connectivity index (χ1) is 12.2. The minimum atomic E-state index is -0.393. The minimum absolute atomic E-state index is 0.310. The van der Waals surface area contributed by atoms with E-state index in [2.05, 4.69) is 4.98 Å². The minimum Gasteiger partial charge on any atom is -0.496 e. The number of hydrogen-bond acceptors (Lipinski definition) is 4. The first kappa shape index (κ1) is 16.7. The Morgan fingerprint density at radius 2 is 1.72 bits per heavy atom. The van der Waals surface area contributed by atoms with Crippen LogP contribution in [0.5, 0.6) is 5.75 Å². The SMILES string of the molecule is CCOC(=O)c1cnc(-c2ccccc2)cc1-c1ccccc1OC. The van der Waals surface area contributed by atoms with Gasteiger partial charge in [0.05, 0.1) is 25.0 Å². The largest absolute Gasteiger partial charge is 0.496 e. The third kappa shape index (κ3) is 3.53. The molecule has 3 rings (SSSR count). The van der Waals surface area contributed by atoms with Gasteiger partial charge in [0.15, 0.2) is 0 Å². The molecule has 0 saturated carbocycles. The fraction of sp³-hybridized carbons (Fsp3) is 0.143. The van der Waals surface area contributed by atoms with Gasteiger partial charge in [-0.1, -0.05) is 48.5 Å². The number of hydrogen-bond donors (Lipinski definition) is 0. The van der Waals surface area contributed by atoms with Crippen molar-refractivity contribution in [3.8, 4) is 28.1 Å². The lowest BCUT2D eigenvalue weighted by molar-refractivity contribution is 0.0527. The Balaban J connectivity index is 2.19. The highest BCUT2D eigenvalue weighted by atomic mass is 16.5. The summed E-state index contributed by atoms with van der Waals surface area (Å²) in [6.07, 6.45) is 1.57. The molecule has 0 radical (unpaired) electrons. The van der Waals surface area contributed by atoms with Crippen molar-refractivity contribution in [2.45, 2.75) is 6.92 Å². The summed E-state index contributed by atoms with van der Waals surface area (Å²) in [7, 11) is 1.61. The van der Waals surface area contributed by atoms with E-state index in [9.17, 15) is 4.79 Å². The van der Waals surface area contributed by atoms with Crippen LogP contribution < -0.4 is 4.74 Å². The first-order valence-electron chi connectivity index (χ1n) is 8.10. The topological polar surface area (TPSA) is 48.4 Å². The number of ether oxygens (including phenoxy) is 2. The van der Waals surface area contributed by atoms with Crippen LogP contribution in [0.3, 0.4) is 0 Å². The van der Waals surface area contributed by atoms with Gasteiger partial charge in [-0.15, -0.1) is 0 Å². The van der Waals surface area contributed by atoms with E-state index >= 15 is 0 Å². The number of methoxy groups -OCH3 is 1. The van der Waals surface area contributed by atoms with E-state index in [4.69, 9.17) is 9.47 Å². The van der Waals surface area contributed by atoms with Crippen LogP contribution in [0.25, 0.3) is 22.4 Å². The van der Waals surface area contributed by atoms with E-state index in [-0.39, 0.29) is 0 Å². The molecule has 0 amide bonds. The summed E-state index contributed by atoms with van der Waals surface area (Å²) in [5.74, 6) is 0.300. The zero-order valence-corrected chi connectivity index (χ0v) is 14.2. The molecule has 0 bridgehead atoms. The van der Waals surface area contributed by atoms with E-state index in [0.717, 1.165) is 22.4 Å². The number of rotatable bonds is 5. The number of pyridine rings is 1. The number of para-hydroxylation sites is 1. The van der Waals surface area contributed by atoms with Gasteiger partial charge in [0.1, 0.15) is 5.75 Å². The lowest BCUT2D eigenvalue weighted by atomic mass is 9.98. The molecule has 4 heteroatoms. The van der Waals surface area contributed by atoms with E-state index in [1.807, 2.05) is 60.7 Å². The molecule has 0 saturated heterocycles. The fourth-order valence-electron chi connectivity index (χ4n) is 2.68. The molecule has 1 heterocycles.